The Morgan fingerprint density at radius 1 is 0.574 bits per heavy atom. The van der Waals surface area contributed by atoms with Crippen molar-refractivity contribution in [3.05, 3.63) is 12.2 Å². The molecule has 26 heteroatoms. The first-order valence-corrected chi connectivity index (χ1v) is 22.5. The number of carboxylic acids is 2. The molecule has 0 amide bonds. The zero-order valence-corrected chi connectivity index (χ0v) is 36.6. The fourth-order valence-corrected chi connectivity index (χ4v) is 9.93. The van der Waals surface area contributed by atoms with Gasteiger partial charge in [0.1, 0.15) is 81.0 Å². The Kier molecular flexibility index (Phi) is 18.7. The minimum atomic E-state index is -2.08. The summed E-state index contributed by atoms with van der Waals surface area (Å²) in [6.07, 6.45) is -28.6. The monoisotopic (exact) mass is 983 g/mol. The first-order chi connectivity index (χ1) is 32.1. The maximum absolute atomic E-state index is 12.7. The molecule has 0 radical (unpaired) electrons. The van der Waals surface area contributed by atoms with E-state index in [1.54, 1.807) is 0 Å². The fraction of sp³-hybridized carbons (Fsp3) is 0.833. The summed E-state index contributed by atoms with van der Waals surface area (Å²) in [5.74, 6) is -8.36. The Morgan fingerprint density at radius 2 is 1.18 bits per heavy atom. The van der Waals surface area contributed by atoms with Gasteiger partial charge in [0.05, 0.1) is 42.5 Å². The number of carbonyl (C=O) groups is 5. The third-order valence-electron chi connectivity index (χ3n) is 13.5. The van der Waals surface area contributed by atoms with Gasteiger partial charge >= 0.3 is 29.8 Å². The molecule has 3 saturated heterocycles. The lowest BCUT2D eigenvalue weighted by Gasteiger charge is -2.50. The number of fused-ring (bicyclic) bond motifs is 1. The van der Waals surface area contributed by atoms with Crippen LogP contribution in [-0.4, -0.2) is 237 Å². The number of carbonyl (C=O) groups excluding carboxylic acids is 3. The van der Waals surface area contributed by atoms with Crippen molar-refractivity contribution >= 4 is 29.8 Å². The van der Waals surface area contributed by atoms with Gasteiger partial charge in [-0.25, -0.2) is 4.79 Å². The van der Waals surface area contributed by atoms with Crippen molar-refractivity contribution in [1.82, 2.24) is 0 Å². The Labute approximate surface area is 387 Å². The number of esters is 3. The van der Waals surface area contributed by atoms with Gasteiger partial charge < -0.3 is 104 Å². The number of aliphatic hydroxyl groups is 13. The van der Waals surface area contributed by atoms with E-state index in [-0.39, 0.29) is 44.4 Å². The quantitative estimate of drug-likeness (QED) is 0.0225. The van der Waals surface area contributed by atoms with E-state index in [9.17, 15) is 80.1 Å². The van der Waals surface area contributed by atoms with Crippen LogP contribution in [0.15, 0.2) is 12.2 Å². The predicted molar refractivity (Wildman–Crippen MR) is 216 cm³/mol. The van der Waals surface area contributed by atoms with E-state index in [4.69, 9.17) is 48.1 Å². The van der Waals surface area contributed by atoms with E-state index in [0.29, 0.717) is 12.8 Å². The van der Waals surface area contributed by atoms with Gasteiger partial charge in [-0.1, -0.05) is 6.08 Å². The van der Waals surface area contributed by atoms with Crippen LogP contribution in [0.3, 0.4) is 0 Å². The van der Waals surface area contributed by atoms with E-state index >= 15 is 0 Å². The van der Waals surface area contributed by atoms with Crippen LogP contribution >= 0.6 is 0 Å². The van der Waals surface area contributed by atoms with Gasteiger partial charge in [-0.2, -0.15) is 0 Å². The third kappa shape index (κ3) is 13.4. The van der Waals surface area contributed by atoms with Crippen LogP contribution in [0, 0.1) is 17.8 Å². The summed E-state index contributed by atoms with van der Waals surface area (Å²) in [5, 5.41) is 136. The maximum atomic E-state index is 12.7. The summed E-state index contributed by atoms with van der Waals surface area (Å²) in [6, 6.07) is 0. The number of aliphatic hydroxyl groups excluding tert-OH is 11. The lowest BCUT2D eigenvalue weighted by Crippen LogP contribution is -2.65. The molecule has 3 aliphatic heterocycles. The molecule has 68 heavy (non-hydrogen) atoms. The van der Waals surface area contributed by atoms with E-state index in [1.165, 1.54) is 6.08 Å². The van der Waals surface area contributed by atoms with Gasteiger partial charge in [-0.3, -0.25) is 19.2 Å². The standard InChI is InChI=1S/C42H62O26/c43-17-8-23-18(24(9-17)64-42-38(60)36(58)40(68-32(54)12-29(50)51)27(67-42)14-62-31(53)11-28(48)49)10-25(39(63-23)16-6-21(46)33(55)22(47)7-16)65-41-37(59)35(57)34(56)26(66-41)13-61-30(52)4-2-15-1-3-19(44)20(45)5-15/h2,4,15-27,33-47,55-60H,1,3,5-14H2,(H,48,49)(H,50,51)/p+1/t15?,16?,17?,18?,19?,20?,21?,22?,23?,24?,25?,26-,27-,33?,34-,35-,36-,37-,38-,39?,40-,41-,42-/m0/s1. The Balaban J connectivity index is 1.20. The summed E-state index contributed by atoms with van der Waals surface area (Å²) in [4.78, 5) is 59.4. The Hall–Kier alpha value is -3.55. The molecule has 386 valence electrons. The predicted octanol–water partition coefficient (Wildman–Crippen LogP) is -6.03. The fourth-order valence-electron chi connectivity index (χ4n) is 9.93. The highest BCUT2D eigenvalue weighted by Crippen LogP contribution is 2.44. The van der Waals surface area contributed by atoms with Crippen molar-refractivity contribution in [2.75, 3.05) is 13.2 Å². The van der Waals surface area contributed by atoms with Gasteiger partial charge in [0, 0.05) is 24.8 Å². The molecular weight excluding hydrogens is 920 g/mol. The van der Waals surface area contributed by atoms with Crippen LogP contribution in [-0.2, 0) is 57.1 Å². The summed E-state index contributed by atoms with van der Waals surface area (Å²) in [5.41, 5.74) is 0. The number of hydrogen-bond donors (Lipinski definition) is 13. The molecule has 26 nitrogen and oxygen atoms in total. The highest BCUT2D eigenvalue weighted by atomic mass is 16.7. The Morgan fingerprint density at radius 3 is 1.82 bits per heavy atom. The van der Waals surface area contributed by atoms with Crippen LogP contribution < -0.4 is 0 Å². The number of carboxylic acid groups (broad SMARTS) is 2. The van der Waals surface area contributed by atoms with Crippen molar-refractivity contribution < 1.29 is 128 Å². The van der Waals surface area contributed by atoms with Crippen LogP contribution in [0.25, 0.3) is 0 Å². The molecule has 0 aromatic heterocycles. The van der Waals surface area contributed by atoms with Crippen molar-refractivity contribution in [3.8, 4) is 0 Å². The molecular formula is C42H63O26+. The zero-order chi connectivity index (χ0) is 49.7. The highest BCUT2D eigenvalue weighted by Gasteiger charge is 2.58. The molecule has 0 spiro atoms. The van der Waals surface area contributed by atoms with Crippen molar-refractivity contribution in [2.45, 2.75) is 187 Å². The van der Waals surface area contributed by atoms with Crippen LogP contribution in [0.1, 0.15) is 64.2 Å². The van der Waals surface area contributed by atoms with Gasteiger partial charge in [0.15, 0.2) is 30.9 Å². The van der Waals surface area contributed by atoms with Crippen LogP contribution in [0.5, 0.6) is 0 Å². The molecule has 0 aromatic rings. The number of hydrogen-bond acceptors (Lipinski definition) is 23. The topological polar surface area (TPSA) is 426 Å². The van der Waals surface area contributed by atoms with Gasteiger partial charge in [0.2, 0.25) is 0 Å². The van der Waals surface area contributed by atoms with Crippen LogP contribution in [0.2, 0.25) is 0 Å². The summed E-state index contributed by atoms with van der Waals surface area (Å²) < 4.78 is 44.6. The SMILES string of the molecule is O=C(O)CC(=O)OC[C@@H]1O[C@H](OC2CC(O)CC3[OH+]C(C4CC(O)C(O)C(O)C4)C(O[C@H]4O[C@@H](COC(=O)C=CC5CCC(O)C(O)C5)[C@H](O)[C@H](O)[C@@H]4O)CC23)[C@@H](O)[C@H](O)[C@H]1OC(=O)CC(=O)O. The molecule has 6 aliphatic rings. The highest BCUT2D eigenvalue weighted by molar-refractivity contribution is 5.90. The first kappa shape index (κ1) is 53.8. The summed E-state index contributed by atoms with van der Waals surface area (Å²) >= 11 is 0. The molecule has 11 unspecified atom stereocenters. The molecule has 3 aliphatic carbocycles. The van der Waals surface area contributed by atoms with E-state index in [1.807, 2.05) is 0 Å². The number of aliphatic carboxylic acids is 2. The van der Waals surface area contributed by atoms with E-state index in [0.717, 1.165) is 6.08 Å². The number of allylic oxidation sites excluding steroid dienone is 1. The van der Waals surface area contributed by atoms with E-state index < -0.39 is 190 Å². The molecule has 6 fully saturated rings. The zero-order valence-electron chi connectivity index (χ0n) is 36.6. The Bertz CT molecular complexity index is 1750. The minimum absolute atomic E-state index is 0.0350. The van der Waals surface area contributed by atoms with Gasteiger partial charge in [-0.05, 0) is 44.4 Å². The number of ether oxygens (including phenoxy) is 8. The minimum Gasteiger partial charge on any atom is -0.481 e. The molecule has 6 rings (SSSR count). The normalized spacial score (nSPS) is 44.3. The molecule has 0 bridgehead atoms. The second-order valence-corrected chi connectivity index (χ2v) is 18.5. The summed E-state index contributed by atoms with van der Waals surface area (Å²) in [7, 11) is 0. The maximum Gasteiger partial charge on any atom is 0.330 e. The lowest BCUT2D eigenvalue weighted by molar-refractivity contribution is -0.368. The van der Waals surface area contributed by atoms with Crippen molar-refractivity contribution in [1.29, 1.82) is 0 Å². The molecule has 14 N–H and O–H groups in total. The third-order valence-corrected chi connectivity index (χ3v) is 13.5. The molecule has 3 saturated carbocycles. The van der Waals surface area contributed by atoms with Crippen LogP contribution in [0.4, 0.5) is 0 Å². The summed E-state index contributed by atoms with van der Waals surface area (Å²) in [6.45, 7) is -1.51. The average Bonchev–Trinajstić information content (AvgIpc) is 3.26. The number of rotatable bonds is 16. The van der Waals surface area contributed by atoms with Gasteiger partial charge in [-0.15, -0.1) is 0 Å². The second-order valence-electron chi connectivity index (χ2n) is 18.5. The van der Waals surface area contributed by atoms with E-state index in [2.05, 4.69) is 0 Å². The first-order valence-electron chi connectivity index (χ1n) is 22.5. The molecule has 0 aromatic carbocycles. The van der Waals surface area contributed by atoms with Crippen molar-refractivity contribution in [2.24, 2.45) is 17.8 Å². The molecule has 21 atom stereocenters. The van der Waals surface area contributed by atoms with Gasteiger partial charge in [0.25, 0.3) is 0 Å². The second kappa shape index (κ2) is 23.6. The lowest BCUT2D eigenvalue weighted by atomic mass is 9.72. The largest absolute Gasteiger partial charge is 0.481 e. The smallest absolute Gasteiger partial charge is 0.330 e. The average molecular weight is 984 g/mol. The molecule has 3 heterocycles. The van der Waals surface area contributed by atoms with Crippen molar-refractivity contribution in [3.63, 3.8) is 0 Å².